The third kappa shape index (κ3) is 2.64. The molecule has 182 valence electrons. The number of fused-ring (bicyclic) bond motifs is 7. The van der Waals surface area contributed by atoms with E-state index in [9.17, 15) is 15.3 Å². The van der Waals surface area contributed by atoms with E-state index in [-0.39, 0.29) is 40.7 Å². The van der Waals surface area contributed by atoms with Crippen molar-refractivity contribution in [1.29, 1.82) is 0 Å². The third-order valence-corrected chi connectivity index (χ3v) is 11.8. The number of rotatable bonds is 0. The molecule has 12 atom stereocenters. The largest absolute Gasteiger partial charge is 0.393 e. The molecule has 0 aromatic heterocycles. The summed E-state index contributed by atoms with van der Waals surface area (Å²) >= 11 is 0. The molecule has 0 unspecified atom stereocenters. The topological polar surface area (TPSA) is 79.2 Å². The molecule has 32 heavy (non-hydrogen) atoms. The van der Waals surface area contributed by atoms with Gasteiger partial charge in [0.1, 0.15) is 5.60 Å². The van der Waals surface area contributed by atoms with Crippen LogP contribution in [-0.2, 0) is 9.47 Å². The molecular weight excluding hydrogens is 404 g/mol. The van der Waals surface area contributed by atoms with E-state index in [1.54, 1.807) is 0 Å². The lowest BCUT2D eigenvalue weighted by atomic mass is 9.43. The molecule has 4 saturated carbocycles. The van der Waals surface area contributed by atoms with E-state index in [4.69, 9.17) is 9.47 Å². The summed E-state index contributed by atoms with van der Waals surface area (Å²) < 4.78 is 13.2. The van der Waals surface area contributed by atoms with E-state index < -0.39 is 11.4 Å². The van der Waals surface area contributed by atoms with Crippen molar-refractivity contribution in [3.05, 3.63) is 0 Å². The third-order valence-electron chi connectivity index (χ3n) is 11.8. The molecule has 6 rings (SSSR count). The van der Waals surface area contributed by atoms with Crippen LogP contribution in [0, 0.1) is 40.4 Å². The molecular formula is C27H44O5. The Balaban J connectivity index is 1.34. The van der Waals surface area contributed by atoms with E-state index in [2.05, 4.69) is 27.7 Å². The Morgan fingerprint density at radius 1 is 0.844 bits per heavy atom. The van der Waals surface area contributed by atoms with Gasteiger partial charge in [0.2, 0.25) is 0 Å². The Morgan fingerprint density at radius 2 is 1.59 bits per heavy atom. The highest BCUT2D eigenvalue weighted by Gasteiger charge is 2.76. The first kappa shape index (κ1) is 22.3. The second-order valence-corrected chi connectivity index (χ2v) is 13.9. The zero-order chi connectivity index (χ0) is 22.9. The van der Waals surface area contributed by atoms with Gasteiger partial charge in [-0.05, 0) is 107 Å². The molecule has 0 aromatic carbocycles. The quantitative estimate of drug-likeness (QED) is 0.522. The number of hydrogen-bond acceptors (Lipinski definition) is 5. The van der Waals surface area contributed by atoms with Gasteiger partial charge in [-0.15, -0.1) is 0 Å². The van der Waals surface area contributed by atoms with Crippen molar-refractivity contribution < 1.29 is 24.8 Å². The first-order valence-electron chi connectivity index (χ1n) is 13.3. The van der Waals surface area contributed by atoms with Gasteiger partial charge in [0, 0.05) is 12.3 Å². The molecule has 3 N–H and O–H groups in total. The first-order chi connectivity index (χ1) is 14.8. The second-order valence-electron chi connectivity index (χ2n) is 13.9. The molecule has 4 aliphatic carbocycles. The van der Waals surface area contributed by atoms with Crippen molar-refractivity contribution in [1.82, 2.24) is 0 Å². The predicted octanol–water partition coefficient (Wildman–Crippen LogP) is 4.02. The standard InChI is InChI=1S/C27H44O5/c1-23(2)10-11-27(32-23)26(5,30)22-20(31-27)13-18-17-7-6-15-12-16(28)8-9-24(15,3)21(17)19(29)14-25(18,22)4/h15-22,28-30H,6-14H2,1-5H3/t15-,16+,17-,18-,19-,20-,21+,22-,24-,25-,26+,27+/m0/s1. The lowest BCUT2D eigenvalue weighted by Gasteiger charge is -2.63. The molecule has 2 heterocycles. The molecule has 0 aromatic rings. The van der Waals surface area contributed by atoms with Gasteiger partial charge in [-0.25, -0.2) is 0 Å². The van der Waals surface area contributed by atoms with Gasteiger partial charge >= 0.3 is 0 Å². The van der Waals surface area contributed by atoms with Crippen molar-refractivity contribution in [2.45, 2.75) is 128 Å². The van der Waals surface area contributed by atoms with Crippen LogP contribution in [0.5, 0.6) is 0 Å². The van der Waals surface area contributed by atoms with Crippen molar-refractivity contribution in [3.63, 3.8) is 0 Å². The minimum atomic E-state index is -1.06. The number of aliphatic hydroxyl groups is 3. The maximum Gasteiger partial charge on any atom is 0.198 e. The Bertz CT molecular complexity index is 795. The maximum absolute atomic E-state index is 12.0. The van der Waals surface area contributed by atoms with Crippen LogP contribution < -0.4 is 0 Å². The molecule has 6 aliphatic rings. The average Bonchev–Trinajstić information content (AvgIpc) is 3.23. The van der Waals surface area contributed by atoms with E-state index in [0.717, 1.165) is 57.8 Å². The number of ether oxygens (including phenoxy) is 2. The van der Waals surface area contributed by atoms with Gasteiger partial charge in [0.05, 0.1) is 23.9 Å². The molecule has 0 amide bonds. The van der Waals surface area contributed by atoms with Crippen molar-refractivity contribution in [2.24, 2.45) is 40.4 Å². The molecule has 0 bridgehead atoms. The van der Waals surface area contributed by atoms with Gasteiger partial charge in [-0.3, -0.25) is 0 Å². The minimum Gasteiger partial charge on any atom is -0.393 e. The van der Waals surface area contributed by atoms with E-state index >= 15 is 0 Å². The van der Waals surface area contributed by atoms with Crippen LogP contribution in [-0.4, -0.2) is 50.6 Å². The first-order valence-corrected chi connectivity index (χ1v) is 13.3. The van der Waals surface area contributed by atoms with Crippen LogP contribution in [0.25, 0.3) is 0 Å². The van der Waals surface area contributed by atoms with Crippen LogP contribution in [0.3, 0.4) is 0 Å². The molecule has 2 aliphatic heterocycles. The average molecular weight is 449 g/mol. The SMILES string of the molecule is CC1(C)CC[C@@]2(O[C@H]3C[C@H]4[C@@H]5CC[C@H]6C[C@H](O)CC[C@]6(C)[C@H]5[C@@H](O)C[C@]4(C)[C@H]3[C@@]2(C)O)O1. The summed E-state index contributed by atoms with van der Waals surface area (Å²) in [6.07, 6.45) is 7.88. The van der Waals surface area contributed by atoms with E-state index in [1.165, 1.54) is 0 Å². The maximum atomic E-state index is 12.0. The fourth-order valence-electron chi connectivity index (χ4n) is 10.5. The highest BCUT2D eigenvalue weighted by Crippen LogP contribution is 2.72. The summed E-state index contributed by atoms with van der Waals surface area (Å²) in [7, 11) is 0. The molecule has 0 radical (unpaired) electrons. The van der Waals surface area contributed by atoms with Gasteiger partial charge in [-0.1, -0.05) is 13.8 Å². The van der Waals surface area contributed by atoms with E-state index in [0.29, 0.717) is 23.7 Å². The zero-order valence-corrected chi connectivity index (χ0v) is 20.6. The normalized spacial score (nSPS) is 63.0. The monoisotopic (exact) mass is 448 g/mol. The van der Waals surface area contributed by atoms with Crippen LogP contribution in [0.15, 0.2) is 0 Å². The second kappa shape index (κ2) is 6.51. The van der Waals surface area contributed by atoms with Crippen LogP contribution in [0.4, 0.5) is 0 Å². The number of hydrogen-bond donors (Lipinski definition) is 3. The van der Waals surface area contributed by atoms with Crippen LogP contribution >= 0.6 is 0 Å². The van der Waals surface area contributed by atoms with Gasteiger partial charge in [0.25, 0.3) is 0 Å². The van der Waals surface area contributed by atoms with Crippen molar-refractivity contribution in [2.75, 3.05) is 0 Å². The van der Waals surface area contributed by atoms with Crippen LogP contribution in [0.2, 0.25) is 0 Å². The molecule has 5 nitrogen and oxygen atoms in total. The molecule has 1 spiro atoms. The summed E-state index contributed by atoms with van der Waals surface area (Å²) in [5.74, 6) is 0.833. The molecule has 5 heteroatoms. The fourth-order valence-corrected chi connectivity index (χ4v) is 10.5. The van der Waals surface area contributed by atoms with E-state index in [1.807, 2.05) is 6.92 Å². The highest BCUT2D eigenvalue weighted by molar-refractivity contribution is 5.22. The molecule has 2 saturated heterocycles. The Hall–Kier alpha value is -0.200. The Labute approximate surface area is 193 Å². The summed E-state index contributed by atoms with van der Waals surface area (Å²) in [4.78, 5) is 0. The summed E-state index contributed by atoms with van der Waals surface area (Å²) in [5.41, 5.74) is -1.37. The molecule has 6 fully saturated rings. The van der Waals surface area contributed by atoms with Gasteiger partial charge in [0.15, 0.2) is 5.79 Å². The predicted molar refractivity (Wildman–Crippen MR) is 121 cm³/mol. The minimum absolute atomic E-state index is 0.00134. The summed E-state index contributed by atoms with van der Waals surface area (Å²) in [5, 5.41) is 34.0. The lowest BCUT2D eigenvalue weighted by molar-refractivity contribution is -0.300. The Morgan fingerprint density at radius 3 is 2.28 bits per heavy atom. The zero-order valence-electron chi connectivity index (χ0n) is 20.6. The van der Waals surface area contributed by atoms with Crippen LogP contribution in [0.1, 0.15) is 92.4 Å². The van der Waals surface area contributed by atoms with Crippen molar-refractivity contribution >= 4 is 0 Å². The van der Waals surface area contributed by atoms with Crippen molar-refractivity contribution in [3.8, 4) is 0 Å². The lowest BCUT2D eigenvalue weighted by Crippen LogP contribution is -2.62. The Kier molecular flexibility index (Phi) is 4.53. The van der Waals surface area contributed by atoms with Gasteiger partial charge < -0.3 is 24.8 Å². The fraction of sp³-hybridized carbons (Fsp3) is 1.00. The smallest absolute Gasteiger partial charge is 0.198 e. The highest BCUT2D eigenvalue weighted by atomic mass is 16.7. The summed E-state index contributed by atoms with van der Waals surface area (Å²) in [6, 6.07) is 0. The summed E-state index contributed by atoms with van der Waals surface area (Å²) in [6.45, 7) is 10.9. The van der Waals surface area contributed by atoms with Gasteiger partial charge in [-0.2, -0.15) is 0 Å². The number of aliphatic hydroxyl groups excluding tert-OH is 2.